The van der Waals surface area contributed by atoms with Crippen LogP contribution in [0.3, 0.4) is 0 Å². The van der Waals surface area contributed by atoms with Crippen LogP contribution in [0.2, 0.25) is 0 Å². The molecule has 0 atom stereocenters. The Balaban J connectivity index is 2.31. The Morgan fingerprint density at radius 1 is 1.26 bits per heavy atom. The summed E-state index contributed by atoms with van der Waals surface area (Å²) < 4.78 is 4.76. The van der Waals surface area contributed by atoms with Crippen molar-refractivity contribution in [1.29, 1.82) is 5.26 Å². The third-order valence-corrected chi connectivity index (χ3v) is 3.90. The van der Waals surface area contributed by atoms with Gasteiger partial charge in [-0.05, 0) is 36.5 Å². The molecule has 0 aromatic heterocycles. The van der Waals surface area contributed by atoms with E-state index < -0.39 is 5.97 Å². The maximum atomic E-state index is 11.7. The third kappa shape index (κ3) is 3.14. The second kappa shape index (κ2) is 6.38. The molecule has 19 heavy (non-hydrogen) atoms. The molecule has 3 nitrogen and oxygen atoms in total. The van der Waals surface area contributed by atoms with E-state index in [2.05, 4.69) is 6.07 Å². The summed E-state index contributed by atoms with van der Waals surface area (Å²) in [4.78, 5) is 11.7. The zero-order valence-corrected chi connectivity index (χ0v) is 11.3. The largest absolute Gasteiger partial charge is 0.465 e. The molecule has 1 aliphatic rings. The Hall–Kier alpha value is -1.82. The van der Waals surface area contributed by atoms with Crippen LogP contribution in [0.15, 0.2) is 18.2 Å². The lowest BCUT2D eigenvalue weighted by Gasteiger charge is -2.15. The second-order valence-corrected chi connectivity index (χ2v) is 5.10. The highest BCUT2D eigenvalue weighted by Crippen LogP contribution is 2.32. The lowest BCUT2D eigenvalue weighted by atomic mass is 9.89. The number of ether oxygens (including phenoxy) is 1. The van der Waals surface area contributed by atoms with Gasteiger partial charge in [0.15, 0.2) is 0 Å². The van der Waals surface area contributed by atoms with E-state index in [1.165, 1.54) is 51.2 Å². The fourth-order valence-electron chi connectivity index (χ4n) is 2.80. The standard InChI is InChI=1S/C16H19NO2/c1-19-16(18)15-10-13(8-9-14(15)11-17)12-6-4-2-3-5-7-12/h8-10,12H,2-7H2,1H3. The average molecular weight is 257 g/mol. The first-order chi connectivity index (χ1) is 9.26. The molecule has 0 unspecified atom stereocenters. The Morgan fingerprint density at radius 2 is 1.95 bits per heavy atom. The molecule has 0 amide bonds. The fourth-order valence-corrected chi connectivity index (χ4v) is 2.80. The van der Waals surface area contributed by atoms with E-state index in [0.717, 1.165) is 0 Å². The van der Waals surface area contributed by atoms with Crippen LogP contribution < -0.4 is 0 Å². The van der Waals surface area contributed by atoms with Gasteiger partial charge in [0.2, 0.25) is 0 Å². The summed E-state index contributed by atoms with van der Waals surface area (Å²) in [5, 5.41) is 9.05. The van der Waals surface area contributed by atoms with Crippen LogP contribution in [-0.2, 0) is 4.74 Å². The molecule has 1 aromatic rings. The molecule has 0 N–H and O–H groups in total. The number of methoxy groups -OCH3 is 1. The number of benzene rings is 1. The zero-order valence-electron chi connectivity index (χ0n) is 11.3. The third-order valence-electron chi connectivity index (χ3n) is 3.90. The first-order valence-corrected chi connectivity index (χ1v) is 6.88. The number of hydrogen-bond acceptors (Lipinski definition) is 3. The van der Waals surface area contributed by atoms with Gasteiger partial charge >= 0.3 is 5.97 Å². The van der Waals surface area contributed by atoms with Gasteiger partial charge in [-0.2, -0.15) is 5.26 Å². The van der Waals surface area contributed by atoms with Crippen molar-refractivity contribution in [2.75, 3.05) is 7.11 Å². The highest BCUT2D eigenvalue weighted by atomic mass is 16.5. The molecule has 3 heteroatoms. The van der Waals surface area contributed by atoms with E-state index in [1.807, 2.05) is 12.1 Å². The van der Waals surface area contributed by atoms with Crippen LogP contribution >= 0.6 is 0 Å². The molecule has 0 saturated heterocycles. The molecule has 100 valence electrons. The lowest BCUT2D eigenvalue weighted by molar-refractivity contribution is 0.0600. The minimum Gasteiger partial charge on any atom is -0.465 e. The van der Waals surface area contributed by atoms with Gasteiger partial charge < -0.3 is 4.74 Å². The Bertz CT molecular complexity index is 494. The predicted molar refractivity (Wildman–Crippen MR) is 72.9 cm³/mol. The van der Waals surface area contributed by atoms with Crippen LogP contribution in [0, 0.1) is 11.3 Å². The number of carbonyl (C=O) groups is 1. The second-order valence-electron chi connectivity index (χ2n) is 5.10. The molecule has 0 heterocycles. The number of esters is 1. The molecule has 2 rings (SSSR count). The van der Waals surface area contributed by atoms with Crippen molar-refractivity contribution in [3.05, 3.63) is 34.9 Å². The van der Waals surface area contributed by atoms with Gasteiger partial charge in [-0.15, -0.1) is 0 Å². The summed E-state index contributed by atoms with van der Waals surface area (Å²) in [5.41, 5.74) is 1.96. The van der Waals surface area contributed by atoms with Gasteiger partial charge in [0, 0.05) is 0 Å². The summed E-state index contributed by atoms with van der Waals surface area (Å²) in [6, 6.07) is 7.63. The van der Waals surface area contributed by atoms with Crippen molar-refractivity contribution in [1.82, 2.24) is 0 Å². The van der Waals surface area contributed by atoms with Gasteiger partial charge in [-0.25, -0.2) is 4.79 Å². The minimum atomic E-state index is -0.424. The number of hydrogen-bond donors (Lipinski definition) is 0. The highest BCUT2D eigenvalue weighted by Gasteiger charge is 2.18. The minimum absolute atomic E-state index is 0.393. The van der Waals surface area contributed by atoms with Crippen LogP contribution in [0.1, 0.15) is 65.9 Å². The highest BCUT2D eigenvalue weighted by molar-refractivity contribution is 5.92. The Kier molecular flexibility index (Phi) is 4.57. The molecular weight excluding hydrogens is 238 g/mol. The molecule has 0 radical (unpaired) electrons. The lowest BCUT2D eigenvalue weighted by Crippen LogP contribution is -2.07. The van der Waals surface area contributed by atoms with Gasteiger partial charge in [0.05, 0.1) is 18.2 Å². The van der Waals surface area contributed by atoms with Gasteiger partial charge in [-0.1, -0.05) is 31.7 Å². The van der Waals surface area contributed by atoms with Gasteiger partial charge in [0.1, 0.15) is 6.07 Å². The molecule has 1 aliphatic carbocycles. The zero-order chi connectivity index (χ0) is 13.7. The van der Waals surface area contributed by atoms with E-state index in [9.17, 15) is 4.79 Å². The molecule has 1 aromatic carbocycles. The first-order valence-electron chi connectivity index (χ1n) is 6.88. The Morgan fingerprint density at radius 3 is 2.53 bits per heavy atom. The predicted octanol–water partition coefficient (Wildman–Crippen LogP) is 3.78. The summed E-state index contributed by atoms with van der Waals surface area (Å²) in [6.07, 6.45) is 7.45. The molecule has 0 bridgehead atoms. The van der Waals surface area contributed by atoms with Crippen molar-refractivity contribution < 1.29 is 9.53 Å². The number of carbonyl (C=O) groups excluding carboxylic acids is 1. The summed E-state index contributed by atoms with van der Waals surface area (Å²) in [5.74, 6) is 0.0886. The number of rotatable bonds is 2. The van der Waals surface area contributed by atoms with Gasteiger partial charge in [0.25, 0.3) is 0 Å². The van der Waals surface area contributed by atoms with Crippen molar-refractivity contribution >= 4 is 5.97 Å². The van der Waals surface area contributed by atoms with E-state index >= 15 is 0 Å². The molecule has 0 aliphatic heterocycles. The smallest absolute Gasteiger partial charge is 0.339 e. The molecular formula is C16H19NO2. The maximum Gasteiger partial charge on any atom is 0.339 e. The summed E-state index contributed by atoms with van der Waals surface area (Å²) in [7, 11) is 1.35. The van der Waals surface area contributed by atoms with Crippen molar-refractivity contribution in [3.63, 3.8) is 0 Å². The monoisotopic (exact) mass is 257 g/mol. The maximum absolute atomic E-state index is 11.7. The van der Waals surface area contributed by atoms with E-state index in [-0.39, 0.29) is 0 Å². The fraction of sp³-hybridized carbons (Fsp3) is 0.500. The summed E-state index contributed by atoms with van der Waals surface area (Å²) >= 11 is 0. The van der Waals surface area contributed by atoms with Gasteiger partial charge in [-0.3, -0.25) is 0 Å². The first kappa shape index (κ1) is 13.6. The van der Waals surface area contributed by atoms with Crippen LogP contribution in [0.4, 0.5) is 0 Å². The van der Waals surface area contributed by atoms with Crippen molar-refractivity contribution in [2.45, 2.75) is 44.4 Å². The number of nitriles is 1. The van der Waals surface area contributed by atoms with E-state index in [4.69, 9.17) is 10.00 Å². The average Bonchev–Trinajstić information content (AvgIpc) is 2.74. The number of nitrogens with zero attached hydrogens (tertiary/aromatic N) is 1. The molecule has 0 spiro atoms. The van der Waals surface area contributed by atoms with E-state index in [1.54, 1.807) is 6.07 Å². The van der Waals surface area contributed by atoms with Crippen LogP contribution in [0.25, 0.3) is 0 Å². The SMILES string of the molecule is COC(=O)c1cc(C2CCCCCC2)ccc1C#N. The normalized spacial score (nSPS) is 16.4. The quantitative estimate of drug-likeness (QED) is 0.598. The van der Waals surface area contributed by atoms with E-state index in [0.29, 0.717) is 17.0 Å². The van der Waals surface area contributed by atoms with Crippen LogP contribution in [-0.4, -0.2) is 13.1 Å². The molecule has 1 saturated carbocycles. The van der Waals surface area contributed by atoms with Crippen LogP contribution in [0.5, 0.6) is 0 Å². The Labute approximate surface area is 114 Å². The van der Waals surface area contributed by atoms with Crippen molar-refractivity contribution in [2.24, 2.45) is 0 Å². The van der Waals surface area contributed by atoms with Crippen molar-refractivity contribution in [3.8, 4) is 6.07 Å². The topological polar surface area (TPSA) is 50.1 Å². The molecule has 1 fully saturated rings. The summed E-state index contributed by atoms with van der Waals surface area (Å²) in [6.45, 7) is 0.